The molecule has 0 saturated carbocycles. The molecule has 1 atom stereocenters. The standard InChI is InChI=1S/C19H20FN5OS/c1-10-18(11(2)25(3)24-10)15-9-16(23-22-15)19(26)21-14-6-7-27-17-5-4-12(20)8-13(14)17/h4-5,8-9,14H,6-7H2,1-3H3,(H,21,26)(H,22,23). The molecule has 6 nitrogen and oxygen atoms in total. The first kappa shape index (κ1) is 17.8. The summed E-state index contributed by atoms with van der Waals surface area (Å²) in [5, 5.41) is 14.5. The van der Waals surface area contributed by atoms with Gasteiger partial charge in [0.15, 0.2) is 0 Å². The fourth-order valence-corrected chi connectivity index (χ4v) is 4.57. The molecule has 4 rings (SSSR count). The SMILES string of the molecule is Cc1nn(C)c(C)c1-c1cc(C(=O)NC2CCSc3ccc(F)cc32)[nH]n1. The number of hydrogen-bond donors (Lipinski definition) is 2. The summed E-state index contributed by atoms with van der Waals surface area (Å²) in [5.41, 5.74) is 4.67. The number of amides is 1. The van der Waals surface area contributed by atoms with Gasteiger partial charge in [0.25, 0.3) is 5.91 Å². The highest BCUT2D eigenvalue weighted by atomic mass is 32.2. The maximum absolute atomic E-state index is 13.7. The predicted molar refractivity (Wildman–Crippen MR) is 102 cm³/mol. The first-order valence-corrected chi connectivity index (χ1v) is 9.71. The van der Waals surface area contributed by atoms with Crippen LogP contribution >= 0.6 is 11.8 Å². The van der Waals surface area contributed by atoms with E-state index >= 15 is 0 Å². The minimum Gasteiger partial charge on any atom is -0.344 e. The molecule has 1 aromatic carbocycles. The van der Waals surface area contributed by atoms with Gasteiger partial charge in [-0.2, -0.15) is 10.2 Å². The molecular weight excluding hydrogens is 365 g/mol. The van der Waals surface area contributed by atoms with E-state index < -0.39 is 0 Å². The van der Waals surface area contributed by atoms with Crippen LogP contribution in [0.3, 0.4) is 0 Å². The van der Waals surface area contributed by atoms with Gasteiger partial charge in [-0.1, -0.05) is 0 Å². The van der Waals surface area contributed by atoms with Crippen molar-refractivity contribution in [1.29, 1.82) is 0 Å². The summed E-state index contributed by atoms with van der Waals surface area (Å²) in [6, 6.07) is 6.26. The Labute approximate surface area is 160 Å². The molecule has 27 heavy (non-hydrogen) atoms. The second-order valence-electron chi connectivity index (χ2n) is 6.68. The molecule has 0 spiro atoms. The highest BCUT2D eigenvalue weighted by Gasteiger charge is 2.24. The number of halogens is 1. The Kier molecular flexibility index (Phi) is 4.51. The van der Waals surface area contributed by atoms with Gasteiger partial charge in [-0.3, -0.25) is 14.6 Å². The van der Waals surface area contributed by atoms with E-state index in [2.05, 4.69) is 20.6 Å². The van der Waals surface area contributed by atoms with Crippen LogP contribution in [0.15, 0.2) is 29.2 Å². The average Bonchev–Trinajstić information content (AvgIpc) is 3.20. The first-order chi connectivity index (χ1) is 12.9. The van der Waals surface area contributed by atoms with E-state index in [-0.39, 0.29) is 17.8 Å². The van der Waals surface area contributed by atoms with Crippen molar-refractivity contribution >= 4 is 17.7 Å². The van der Waals surface area contributed by atoms with Crippen LogP contribution in [-0.2, 0) is 7.05 Å². The number of H-pyrrole nitrogens is 1. The lowest BCUT2D eigenvalue weighted by Crippen LogP contribution is -2.31. The highest BCUT2D eigenvalue weighted by molar-refractivity contribution is 7.99. The summed E-state index contributed by atoms with van der Waals surface area (Å²) in [5.74, 6) is 0.341. The normalized spacial score (nSPS) is 16.2. The quantitative estimate of drug-likeness (QED) is 0.723. The predicted octanol–water partition coefficient (Wildman–Crippen LogP) is 3.53. The van der Waals surface area contributed by atoms with Crippen molar-refractivity contribution in [2.24, 2.45) is 7.05 Å². The van der Waals surface area contributed by atoms with E-state index in [0.29, 0.717) is 11.4 Å². The Morgan fingerprint density at radius 1 is 1.37 bits per heavy atom. The van der Waals surface area contributed by atoms with Crippen LogP contribution in [0.4, 0.5) is 4.39 Å². The molecule has 0 radical (unpaired) electrons. The molecule has 2 N–H and O–H groups in total. The third-order valence-corrected chi connectivity index (χ3v) is 6.03. The average molecular weight is 385 g/mol. The van der Waals surface area contributed by atoms with Crippen LogP contribution in [0.5, 0.6) is 0 Å². The summed E-state index contributed by atoms with van der Waals surface area (Å²) in [4.78, 5) is 13.7. The number of benzene rings is 1. The lowest BCUT2D eigenvalue weighted by atomic mass is 10.0. The monoisotopic (exact) mass is 385 g/mol. The topological polar surface area (TPSA) is 75.6 Å². The maximum Gasteiger partial charge on any atom is 0.269 e. The lowest BCUT2D eigenvalue weighted by molar-refractivity contribution is 0.0929. The molecular formula is C19H20FN5OS. The Balaban J connectivity index is 1.57. The number of carbonyl (C=O) groups excluding carboxylic acids is 1. The van der Waals surface area contributed by atoms with Gasteiger partial charge in [-0.25, -0.2) is 4.39 Å². The number of thioether (sulfide) groups is 1. The van der Waals surface area contributed by atoms with Crippen LogP contribution in [0.25, 0.3) is 11.3 Å². The van der Waals surface area contributed by atoms with Crippen molar-refractivity contribution < 1.29 is 9.18 Å². The van der Waals surface area contributed by atoms with Crippen LogP contribution in [-0.4, -0.2) is 31.6 Å². The minimum absolute atomic E-state index is 0.210. The molecule has 1 aliphatic heterocycles. The molecule has 3 heterocycles. The molecule has 3 aromatic rings. The van der Waals surface area contributed by atoms with E-state index in [1.165, 1.54) is 12.1 Å². The van der Waals surface area contributed by atoms with Crippen LogP contribution < -0.4 is 5.32 Å². The zero-order valence-electron chi connectivity index (χ0n) is 15.3. The lowest BCUT2D eigenvalue weighted by Gasteiger charge is -2.25. The number of aromatic amines is 1. The Bertz CT molecular complexity index is 1030. The van der Waals surface area contributed by atoms with E-state index in [9.17, 15) is 9.18 Å². The minimum atomic E-state index is -0.290. The number of fused-ring (bicyclic) bond motifs is 1. The number of nitrogens with one attached hydrogen (secondary N) is 2. The van der Waals surface area contributed by atoms with Crippen LogP contribution in [0.1, 0.15) is 39.9 Å². The van der Waals surface area contributed by atoms with Gasteiger partial charge in [0.05, 0.1) is 17.4 Å². The van der Waals surface area contributed by atoms with Crippen molar-refractivity contribution in [3.05, 3.63) is 52.7 Å². The molecule has 0 aliphatic carbocycles. The molecule has 0 bridgehead atoms. The second-order valence-corrected chi connectivity index (χ2v) is 7.82. The Morgan fingerprint density at radius 3 is 2.93 bits per heavy atom. The largest absolute Gasteiger partial charge is 0.344 e. The van der Waals surface area contributed by atoms with E-state index in [0.717, 1.165) is 39.6 Å². The van der Waals surface area contributed by atoms with Crippen molar-refractivity contribution in [1.82, 2.24) is 25.3 Å². The second kappa shape index (κ2) is 6.84. The number of aromatic nitrogens is 4. The summed E-state index contributed by atoms with van der Waals surface area (Å²) < 4.78 is 15.4. The fraction of sp³-hybridized carbons (Fsp3) is 0.316. The molecule has 1 amide bonds. The van der Waals surface area contributed by atoms with Gasteiger partial charge in [-0.05, 0) is 50.1 Å². The van der Waals surface area contributed by atoms with Gasteiger partial charge in [0.1, 0.15) is 11.5 Å². The van der Waals surface area contributed by atoms with E-state index in [1.807, 2.05) is 20.9 Å². The van der Waals surface area contributed by atoms with Crippen LogP contribution in [0, 0.1) is 19.7 Å². The van der Waals surface area contributed by atoms with Gasteiger partial charge in [0.2, 0.25) is 0 Å². The van der Waals surface area contributed by atoms with Crippen molar-refractivity contribution in [2.45, 2.75) is 31.2 Å². The molecule has 8 heteroatoms. The van der Waals surface area contributed by atoms with Gasteiger partial charge >= 0.3 is 0 Å². The summed E-state index contributed by atoms with van der Waals surface area (Å²) in [7, 11) is 1.88. The third-order valence-electron chi connectivity index (χ3n) is 4.90. The van der Waals surface area contributed by atoms with Gasteiger partial charge in [-0.15, -0.1) is 11.8 Å². The summed E-state index contributed by atoms with van der Waals surface area (Å²) in [6.45, 7) is 3.89. The van der Waals surface area contributed by atoms with Crippen molar-refractivity contribution in [2.75, 3.05) is 5.75 Å². The van der Waals surface area contributed by atoms with E-state index in [1.54, 1.807) is 28.6 Å². The number of aryl methyl sites for hydroxylation is 2. The first-order valence-electron chi connectivity index (χ1n) is 8.73. The van der Waals surface area contributed by atoms with Crippen LogP contribution in [0.2, 0.25) is 0 Å². The third kappa shape index (κ3) is 3.25. The molecule has 2 aromatic heterocycles. The summed E-state index contributed by atoms with van der Waals surface area (Å²) in [6.07, 6.45) is 0.759. The number of carbonyl (C=O) groups is 1. The van der Waals surface area contributed by atoms with Gasteiger partial charge in [0, 0.05) is 29.0 Å². The molecule has 0 saturated heterocycles. The van der Waals surface area contributed by atoms with E-state index in [4.69, 9.17) is 0 Å². The highest BCUT2D eigenvalue weighted by Crippen LogP contribution is 2.36. The molecule has 1 unspecified atom stereocenters. The maximum atomic E-state index is 13.7. The number of rotatable bonds is 3. The number of nitrogens with zero attached hydrogens (tertiary/aromatic N) is 3. The van der Waals surface area contributed by atoms with Crippen molar-refractivity contribution in [3.8, 4) is 11.3 Å². The Hall–Kier alpha value is -2.61. The zero-order valence-corrected chi connectivity index (χ0v) is 16.2. The fourth-order valence-electron chi connectivity index (χ4n) is 3.46. The smallest absolute Gasteiger partial charge is 0.269 e. The Morgan fingerprint density at radius 2 is 2.19 bits per heavy atom. The zero-order chi connectivity index (χ0) is 19.1. The van der Waals surface area contributed by atoms with Gasteiger partial charge < -0.3 is 5.32 Å². The molecule has 140 valence electrons. The van der Waals surface area contributed by atoms with Crippen molar-refractivity contribution in [3.63, 3.8) is 0 Å². The number of hydrogen-bond acceptors (Lipinski definition) is 4. The molecule has 1 aliphatic rings. The summed E-state index contributed by atoms with van der Waals surface area (Å²) >= 11 is 1.68. The molecule has 0 fully saturated rings.